The van der Waals surface area contributed by atoms with Crippen molar-refractivity contribution in [2.45, 2.75) is 31.8 Å². The molecule has 0 aromatic heterocycles. The van der Waals surface area contributed by atoms with Crippen LogP contribution in [0, 0.1) is 11.8 Å². The van der Waals surface area contributed by atoms with Gasteiger partial charge in [-0.2, -0.15) is 0 Å². The Balaban J connectivity index is 1.92. The van der Waals surface area contributed by atoms with Crippen LogP contribution in [0.5, 0.6) is 0 Å². The Morgan fingerprint density at radius 2 is 2.09 bits per heavy atom. The fourth-order valence-corrected chi connectivity index (χ4v) is 2.56. The molecule has 64 valence electrons. The highest BCUT2D eigenvalue weighted by Gasteiger charge is 2.33. The van der Waals surface area contributed by atoms with Crippen molar-refractivity contribution in [3.63, 3.8) is 0 Å². The van der Waals surface area contributed by atoms with E-state index >= 15 is 0 Å². The summed E-state index contributed by atoms with van der Waals surface area (Å²) in [5.41, 5.74) is 0. The molecule has 0 bridgehead atoms. The van der Waals surface area contributed by atoms with Gasteiger partial charge in [-0.15, -0.1) is 0 Å². The van der Waals surface area contributed by atoms with Gasteiger partial charge in [0.05, 0.1) is 6.10 Å². The van der Waals surface area contributed by atoms with Gasteiger partial charge in [-0.05, 0) is 44.2 Å². The van der Waals surface area contributed by atoms with Gasteiger partial charge in [-0.1, -0.05) is 6.42 Å². The van der Waals surface area contributed by atoms with E-state index in [0.717, 1.165) is 25.4 Å². The molecule has 1 heterocycles. The summed E-state index contributed by atoms with van der Waals surface area (Å²) >= 11 is 0. The van der Waals surface area contributed by atoms with E-state index in [1.54, 1.807) is 0 Å². The Kier molecular flexibility index (Phi) is 2.14. The van der Waals surface area contributed by atoms with Crippen molar-refractivity contribution in [2.24, 2.45) is 11.8 Å². The number of hydrogen-bond acceptors (Lipinski definition) is 2. The summed E-state index contributed by atoms with van der Waals surface area (Å²) in [6.45, 7) is 2.30. The number of aliphatic hydroxyl groups is 1. The van der Waals surface area contributed by atoms with Crippen LogP contribution in [-0.4, -0.2) is 24.3 Å². The molecule has 2 aliphatic rings. The van der Waals surface area contributed by atoms with Crippen molar-refractivity contribution in [1.82, 2.24) is 5.32 Å². The van der Waals surface area contributed by atoms with Crippen LogP contribution in [0.1, 0.15) is 25.7 Å². The predicted molar refractivity (Wildman–Crippen MR) is 44.3 cm³/mol. The highest BCUT2D eigenvalue weighted by molar-refractivity contribution is 4.86. The first-order chi connectivity index (χ1) is 5.38. The lowest BCUT2D eigenvalue weighted by atomic mass is 9.89. The predicted octanol–water partition coefficient (Wildman–Crippen LogP) is 0.757. The molecule has 0 amide bonds. The van der Waals surface area contributed by atoms with Crippen LogP contribution in [0.25, 0.3) is 0 Å². The van der Waals surface area contributed by atoms with Crippen molar-refractivity contribution in [3.05, 3.63) is 0 Å². The Morgan fingerprint density at radius 3 is 2.64 bits per heavy atom. The summed E-state index contributed by atoms with van der Waals surface area (Å²) in [6, 6.07) is 0. The van der Waals surface area contributed by atoms with Crippen molar-refractivity contribution in [3.8, 4) is 0 Å². The largest absolute Gasteiger partial charge is 0.393 e. The fourth-order valence-electron chi connectivity index (χ4n) is 2.56. The monoisotopic (exact) mass is 155 g/mol. The molecule has 11 heavy (non-hydrogen) atoms. The first-order valence-electron chi connectivity index (χ1n) is 4.76. The average molecular weight is 155 g/mol. The number of hydrogen-bond donors (Lipinski definition) is 2. The van der Waals surface area contributed by atoms with Crippen LogP contribution in [0.2, 0.25) is 0 Å². The summed E-state index contributed by atoms with van der Waals surface area (Å²) in [4.78, 5) is 0. The smallest absolute Gasteiger partial charge is 0.0571 e. The zero-order valence-electron chi connectivity index (χ0n) is 6.92. The summed E-state index contributed by atoms with van der Waals surface area (Å²) in [6.07, 6.45) is 4.83. The van der Waals surface area contributed by atoms with E-state index in [9.17, 15) is 5.11 Å². The average Bonchev–Trinajstić information content (AvgIpc) is 2.55. The summed E-state index contributed by atoms with van der Waals surface area (Å²) < 4.78 is 0. The van der Waals surface area contributed by atoms with Crippen molar-refractivity contribution in [1.29, 1.82) is 0 Å². The maximum absolute atomic E-state index is 9.62. The highest BCUT2D eigenvalue weighted by atomic mass is 16.3. The normalized spacial score (nSPS) is 45.0. The maximum Gasteiger partial charge on any atom is 0.0571 e. The molecule has 2 rings (SSSR count). The second kappa shape index (κ2) is 3.11. The van der Waals surface area contributed by atoms with E-state index < -0.39 is 0 Å². The van der Waals surface area contributed by atoms with E-state index in [-0.39, 0.29) is 6.10 Å². The van der Waals surface area contributed by atoms with Gasteiger partial charge in [0.25, 0.3) is 0 Å². The van der Waals surface area contributed by atoms with Crippen LogP contribution in [0.15, 0.2) is 0 Å². The van der Waals surface area contributed by atoms with Gasteiger partial charge in [0.15, 0.2) is 0 Å². The minimum absolute atomic E-state index is 0.0138. The third kappa shape index (κ3) is 1.42. The Bertz CT molecular complexity index is 132. The molecule has 2 heteroatoms. The Morgan fingerprint density at radius 1 is 1.18 bits per heavy atom. The minimum atomic E-state index is 0.0138. The van der Waals surface area contributed by atoms with Crippen LogP contribution < -0.4 is 5.32 Å². The summed E-state index contributed by atoms with van der Waals surface area (Å²) in [7, 11) is 0. The van der Waals surface area contributed by atoms with Gasteiger partial charge in [0.1, 0.15) is 0 Å². The van der Waals surface area contributed by atoms with Gasteiger partial charge >= 0.3 is 0 Å². The summed E-state index contributed by atoms with van der Waals surface area (Å²) in [5, 5.41) is 13.0. The van der Waals surface area contributed by atoms with E-state index in [0.29, 0.717) is 5.92 Å². The van der Waals surface area contributed by atoms with Gasteiger partial charge in [0, 0.05) is 0 Å². The maximum atomic E-state index is 9.62. The molecular weight excluding hydrogens is 138 g/mol. The first kappa shape index (κ1) is 7.56. The zero-order valence-corrected chi connectivity index (χ0v) is 6.92. The number of aliphatic hydroxyl groups excluding tert-OH is 1. The van der Waals surface area contributed by atoms with Crippen molar-refractivity contribution < 1.29 is 5.11 Å². The summed E-state index contributed by atoms with van der Waals surface area (Å²) in [5.74, 6) is 1.39. The van der Waals surface area contributed by atoms with Gasteiger partial charge in [-0.25, -0.2) is 0 Å². The molecule has 0 aromatic rings. The second-order valence-electron chi connectivity index (χ2n) is 3.91. The molecule has 1 saturated heterocycles. The molecule has 3 unspecified atom stereocenters. The minimum Gasteiger partial charge on any atom is -0.393 e. The lowest BCUT2D eigenvalue weighted by Crippen LogP contribution is -2.24. The highest BCUT2D eigenvalue weighted by Crippen LogP contribution is 2.34. The molecule has 0 radical (unpaired) electrons. The molecule has 2 N–H and O–H groups in total. The van der Waals surface area contributed by atoms with Crippen LogP contribution in [0.3, 0.4) is 0 Å². The number of rotatable bonds is 1. The standard InChI is InChI=1S/C9H17NO/c11-9-3-1-2-8(9)7-4-5-10-6-7/h7-11H,1-6H2. The molecule has 3 atom stereocenters. The third-order valence-corrected chi connectivity index (χ3v) is 3.24. The second-order valence-corrected chi connectivity index (χ2v) is 3.91. The van der Waals surface area contributed by atoms with Crippen LogP contribution in [-0.2, 0) is 0 Å². The zero-order chi connectivity index (χ0) is 7.68. The molecular formula is C9H17NO. The van der Waals surface area contributed by atoms with E-state index in [1.807, 2.05) is 0 Å². The molecule has 2 fully saturated rings. The van der Waals surface area contributed by atoms with E-state index in [4.69, 9.17) is 0 Å². The first-order valence-corrected chi connectivity index (χ1v) is 4.76. The molecule has 1 saturated carbocycles. The molecule has 1 aliphatic heterocycles. The van der Waals surface area contributed by atoms with Crippen LogP contribution >= 0.6 is 0 Å². The van der Waals surface area contributed by atoms with E-state index in [2.05, 4.69) is 5.32 Å². The Labute approximate surface area is 68.0 Å². The van der Waals surface area contributed by atoms with Crippen molar-refractivity contribution in [2.75, 3.05) is 13.1 Å². The van der Waals surface area contributed by atoms with Gasteiger partial charge < -0.3 is 10.4 Å². The molecule has 0 spiro atoms. The fraction of sp³-hybridized carbons (Fsp3) is 1.00. The molecule has 2 nitrogen and oxygen atoms in total. The lowest BCUT2D eigenvalue weighted by molar-refractivity contribution is 0.103. The van der Waals surface area contributed by atoms with Gasteiger partial charge in [0.2, 0.25) is 0 Å². The quantitative estimate of drug-likeness (QED) is 0.586. The van der Waals surface area contributed by atoms with Crippen molar-refractivity contribution >= 4 is 0 Å². The SMILES string of the molecule is OC1CCCC1C1CCNC1. The molecule has 0 aromatic carbocycles. The number of nitrogens with one attached hydrogen (secondary N) is 1. The Hall–Kier alpha value is -0.0800. The van der Waals surface area contributed by atoms with Gasteiger partial charge in [-0.3, -0.25) is 0 Å². The topological polar surface area (TPSA) is 32.3 Å². The third-order valence-electron chi connectivity index (χ3n) is 3.24. The van der Waals surface area contributed by atoms with E-state index in [1.165, 1.54) is 19.3 Å². The lowest BCUT2D eigenvalue weighted by Gasteiger charge is -2.20. The van der Waals surface area contributed by atoms with Crippen LogP contribution in [0.4, 0.5) is 0 Å². The molecule has 1 aliphatic carbocycles.